The summed E-state index contributed by atoms with van der Waals surface area (Å²) < 4.78 is 4.98. The molecule has 0 saturated heterocycles. The first-order chi connectivity index (χ1) is 5.11. The van der Waals surface area contributed by atoms with Gasteiger partial charge in [-0.25, -0.2) is 0 Å². The molecule has 1 rings (SSSR count). The molecule has 1 aromatic rings. The Balaban J connectivity index is 2.84. The zero-order chi connectivity index (χ0) is 8.43. The van der Waals surface area contributed by atoms with Gasteiger partial charge in [0.2, 0.25) is 5.91 Å². The number of carbonyl (C=O) groups excluding carboxylic acids is 1. The highest BCUT2D eigenvalue weighted by Gasteiger charge is 2.09. The summed E-state index contributed by atoms with van der Waals surface area (Å²) in [5, 5.41) is 0. The topological polar surface area (TPSA) is 46.3 Å². The lowest BCUT2D eigenvalue weighted by atomic mass is 10.6. The standard InChI is InChI=1S/C7H10N2O2/c1-5-4-11-7(8-5)9(3)6(2)10/h4H,1-3H3. The molecule has 4 heteroatoms. The third-order valence-corrected chi connectivity index (χ3v) is 1.37. The fourth-order valence-corrected chi connectivity index (χ4v) is 0.630. The van der Waals surface area contributed by atoms with Gasteiger partial charge in [0.25, 0.3) is 0 Å². The van der Waals surface area contributed by atoms with Gasteiger partial charge in [-0.1, -0.05) is 0 Å². The molecule has 0 radical (unpaired) electrons. The highest BCUT2D eigenvalue weighted by atomic mass is 16.4. The Bertz CT molecular complexity index is 267. The van der Waals surface area contributed by atoms with Crippen LogP contribution in [-0.4, -0.2) is 17.9 Å². The lowest BCUT2D eigenvalue weighted by molar-refractivity contribution is -0.116. The van der Waals surface area contributed by atoms with Crippen LogP contribution in [0.2, 0.25) is 0 Å². The van der Waals surface area contributed by atoms with Gasteiger partial charge in [-0.2, -0.15) is 4.98 Å². The van der Waals surface area contributed by atoms with Crippen molar-refractivity contribution in [3.8, 4) is 0 Å². The normalized spacial score (nSPS) is 9.73. The average molecular weight is 154 g/mol. The van der Waals surface area contributed by atoms with Crippen molar-refractivity contribution in [1.82, 2.24) is 4.98 Å². The highest BCUT2D eigenvalue weighted by molar-refractivity contribution is 5.88. The lowest BCUT2D eigenvalue weighted by Crippen LogP contribution is -2.22. The van der Waals surface area contributed by atoms with Gasteiger partial charge in [0, 0.05) is 14.0 Å². The van der Waals surface area contributed by atoms with Gasteiger partial charge < -0.3 is 4.42 Å². The average Bonchev–Trinajstić information content (AvgIpc) is 2.34. The second-order valence-corrected chi connectivity index (χ2v) is 2.35. The van der Waals surface area contributed by atoms with Crippen LogP contribution in [0, 0.1) is 6.92 Å². The Morgan fingerprint density at radius 2 is 2.36 bits per heavy atom. The molecule has 1 heterocycles. The molecule has 0 atom stereocenters. The lowest BCUT2D eigenvalue weighted by Gasteiger charge is -2.07. The molecule has 0 aliphatic carbocycles. The zero-order valence-corrected chi connectivity index (χ0v) is 6.79. The molecule has 1 amide bonds. The van der Waals surface area contributed by atoms with Crippen LogP contribution < -0.4 is 4.90 Å². The smallest absolute Gasteiger partial charge is 0.303 e. The minimum Gasteiger partial charge on any atom is -0.431 e. The van der Waals surface area contributed by atoms with Crippen molar-refractivity contribution in [2.75, 3.05) is 11.9 Å². The molecule has 0 saturated carbocycles. The number of oxazole rings is 1. The van der Waals surface area contributed by atoms with E-state index in [0.29, 0.717) is 6.01 Å². The van der Waals surface area contributed by atoms with E-state index in [1.807, 2.05) is 0 Å². The van der Waals surface area contributed by atoms with Gasteiger partial charge in [0.15, 0.2) is 0 Å². The number of carbonyl (C=O) groups is 1. The Kier molecular flexibility index (Phi) is 1.94. The van der Waals surface area contributed by atoms with Crippen molar-refractivity contribution in [2.24, 2.45) is 0 Å². The largest absolute Gasteiger partial charge is 0.431 e. The Hall–Kier alpha value is -1.32. The summed E-state index contributed by atoms with van der Waals surface area (Å²) in [6.45, 7) is 3.26. The van der Waals surface area contributed by atoms with E-state index in [1.54, 1.807) is 14.0 Å². The fraction of sp³-hybridized carbons (Fsp3) is 0.429. The Morgan fingerprint density at radius 1 is 1.73 bits per heavy atom. The quantitative estimate of drug-likeness (QED) is 0.605. The molecule has 0 N–H and O–H groups in total. The molecule has 0 spiro atoms. The number of nitrogens with zero attached hydrogens (tertiary/aromatic N) is 2. The van der Waals surface area contributed by atoms with E-state index in [-0.39, 0.29) is 5.91 Å². The SMILES string of the molecule is CC(=O)N(C)c1nc(C)co1. The number of amides is 1. The second kappa shape index (κ2) is 2.74. The molecule has 1 aromatic heterocycles. The molecule has 4 nitrogen and oxygen atoms in total. The first kappa shape index (κ1) is 7.78. The van der Waals surface area contributed by atoms with E-state index in [1.165, 1.54) is 18.1 Å². The summed E-state index contributed by atoms with van der Waals surface area (Å²) in [7, 11) is 1.62. The van der Waals surface area contributed by atoms with E-state index in [4.69, 9.17) is 4.42 Å². The van der Waals surface area contributed by atoms with Crippen LogP contribution in [0.4, 0.5) is 6.01 Å². The van der Waals surface area contributed by atoms with Crippen molar-refractivity contribution >= 4 is 11.9 Å². The van der Waals surface area contributed by atoms with Gasteiger partial charge in [-0.05, 0) is 6.92 Å². The van der Waals surface area contributed by atoms with Gasteiger partial charge in [-0.3, -0.25) is 9.69 Å². The summed E-state index contributed by atoms with van der Waals surface area (Å²) in [5.41, 5.74) is 0.771. The molecule has 0 aromatic carbocycles. The fourth-order valence-electron chi connectivity index (χ4n) is 0.630. The van der Waals surface area contributed by atoms with E-state index in [0.717, 1.165) is 5.69 Å². The van der Waals surface area contributed by atoms with Crippen LogP contribution in [-0.2, 0) is 4.79 Å². The van der Waals surface area contributed by atoms with E-state index in [9.17, 15) is 4.79 Å². The summed E-state index contributed by atoms with van der Waals surface area (Å²) in [6.07, 6.45) is 1.51. The molecule has 0 aliphatic rings. The van der Waals surface area contributed by atoms with Crippen LogP contribution >= 0.6 is 0 Å². The summed E-state index contributed by atoms with van der Waals surface area (Å²) >= 11 is 0. The highest BCUT2D eigenvalue weighted by Crippen LogP contribution is 2.10. The monoisotopic (exact) mass is 154 g/mol. The molecular weight excluding hydrogens is 144 g/mol. The maximum atomic E-state index is 10.8. The van der Waals surface area contributed by atoms with Gasteiger partial charge in [-0.15, -0.1) is 0 Å². The van der Waals surface area contributed by atoms with Crippen molar-refractivity contribution in [3.05, 3.63) is 12.0 Å². The van der Waals surface area contributed by atoms with E-state index < -0.39 is 0 Å². The summed E-state index contributed by atoms with van der Waals surface area (Å²) in [4.78, 5) is 16.1. The van der Waals surface area contributed by atoms with Crippen LogP contribution in [0.15, 0.2) is 10.7 Å². The van der Waals surface area contributed by atoms with Crippen LogP contribution in [0.25, 0.3) is 0 Å². The van der Waals surface area contributed by atoms with Gasteiger partial charge in [0.1, 0.15) is 6.26 Å². The van der Waals surface area contributed by atoms with E-state index >= 15 is 0 Å². The molecule has 0 bridgehead atoms. The number of aryl methyl sites for hydroxylation is 1. The van der Waals surface area contributed by atoms with Crippen LogP contribution in [0.1, 0.15) is 12.6 Å². The number of hydrogen-bond donors (Lipinski definition) is 0. The number of anilines is 1. The predicted octanol–water partition coefficient (Wildman–Crippen LogP) is 0.966. The minimum atomic E-state index is -0.0909. The third-order valence-electron chi connectivity index (χ3n) is 1.37. The maximum Gasteiger partial charge on any atom is 0.303 e. The van der Waals surface area contributed by atoms with Gasteiger partial charge >= 0.3 is 6.01 Å². The molecule has 0 aliphatic heterocycles. The summed E-state index contributed by atoms with van der Waals surface area (Å²) in [5.74, 6) is -0.0909. The van der Waals surface area contributed by atoms with Crippen LogP contribution in [0.3, 0.4) is 0 Å². The zero-order valence-electron chi connectivity index (χ0n) is 6.79. The van der Waals surface area contributed by atoms with Crippen molar-refractivity contribution in [3.63, 3.8) is 0 Å². The Morgan fingerprint density at radius 3 is 2.73 bits per heavy atom. The molecule has 0 fully saturated rings. The van der Waals surface area contributed by atoms with Crippen LogP contribution in [0.5, 0.6) is 0 Å². The number of rotatable bonds is 1. The Labute approximate surface area is 64.8 Å². The predicted molar refractivity (Wildman–Crippen MR) is 40.3 cm³/mol. The first-order valence-corrected chi connectivity index (χ1v) is 3.27. The molecular formula is C7H10N2O2. The first-order valence-electron chi connectivity index (χ1n) is 3.27. The second-order valence-electron chi connectivity index (χ2n) is 2.35. The van der Waals surface area contributed by atoms with Crippen molar-refractivity contribution < 1.29 is 9.21 Å². The summed E-state index contributed by atoms with van der Waals surface area (Å²) in [6, 6.07) is 0.343. The molecule has 60 valence electrons. The van der Waals surface area contributed by atoms with Gasteiger partial charge in [0.05, 0.1) is 5.69 Å². The van der Waals surface area contributed by atoms with Crippen molar-refractivity contribution in [2.45, 2.75) is 13.8 Å². The minimum absolute atomic E-state index is 0.0909. The van der Waals surface area contributed by atoms with E-state index in [2.05, 4.69) is 4.98 Å². The molecule has 11 heavy (non-hydrogen) atoms. The van der Waals surface area contributed by atoms with Crippen molar-refractivity contribution in [1.29, 1.82) is 0 Å². The number of hydrogen-bond acceptors (Lipinski definition) is 3. The molecule has 0 unspecified atom stereocenters. The maximum absolute atomic E-state index is 10.8. The number of aromatic nitrogens is 1. The third kappa shape index (κ3) is 1.58.